The number of nitro groups is 1. The van der Waals surface area contributed by atoms with E-state index in [1.807, 2.05) is 30.6 Å². The average Bonchev–Trinajstić information content (AvgIpc) is 3.14. The summed E-state index contributed by atoms with van der Waals surface area (Å²) in [5, 5.41) is 23.3. The van der Waals surface area contributed by atoms with Crippen LogP contribution in [0.2, 0.25) is 0 Å². The minimum absolute atomic E-state index is 0.101. The number of hydrogen-bond acceptors (Lipinski definition) is 4. The van der Waals surface area contributed by atoms with Crippen LogP contribution in [0.5, 0.6) is 0 Å². The Kier molecular flexibility index (Phi) is 5.29. The minimum atomic E-state index is -0.698. The average molecular weight is 469 g/mol. The number of nitrogens with zero attached hydrogens (tertiary/aromatic N) is 2. The van der Waals surface area contributed by atoms with Crippen LogP contribution in [-0.4, -0.2) is 20.6 Å². The van der Waals surface area contributed by atoms with Crippen LogP contribution < -0.4 is 0 Å². The largest absolute Gasteiger partial charge is 0.389 e. The van der Waals surface area contributed by atoms with Gasteiger partial charge in [-0.05, 0) is 102 Å². The third-order valence-corrected chi connectivity index (χ3v) is 9.71. The zero-order chi connectivity index (χ0) is 24.2. The molecular weight excluding hydrogens is 436 g/mol. The summed E-state index contributed by atoms with van der Waals surface area (Å²) in [6, 6.07) is 18.1. The number of rotatable bonds is 4. The molecule has 6 rings (SSSR count). The molecule has 3 aromatic rings. The lowest BCUT2D eigenvalue weighted by atomic mass is 9.53. The number of fused-ring (bicyclic) bond motifs is 5. The number of aromatic nitrogens is 1. The van der Waals surface area contributed by atoms with E-state index in [1.165, 1.54) is 16.7 Å². The lowest BCUT2D eigenvalue weighted by Gasteiger charge is -2.53. The van der Waals surface area contributed by atoms with Crippen LogP contribution in [0.25, 0.3) is 11.1 Å². The van der Waals surface area contributed by atoms with E-state index in [-0.39, 0.29) is 16.0 Å². The van der Waals surface area contributed by atoms with Gasteiger partial charge >= 0.3 is 0 Å². The van der Waals surface area contributed by atoms with Crippen molar-refractivity contribution in [2.75, 3.05) is 0 Å². The molecule has 1 N–H and O–H groups in total. The molecule has 5 heteroatoms. The molecule has 180 valence electrons. The van der Waals surface area contributed by atoms with Gasteiger partial charge in [-0.1, -0.05) is 37.3 Å². The molecule has 5 nitrogen and oxygen atoms in total. The van der Waals surface area contributed by atoms with E-state index in [4.69, 9.17) is 0 Å². The van der Waals surface area contributed by atoms with Gasteiger partial charge in [0.15, 0.2) is 0 Å². The van der Waals surface area contributed by atoms with Crippen LogP contribution in [0, 0.1) is 27.4 Å². The minimum Gasteiger partial charge on any atom is -0.389 e. The standard InChI is InChI=1S/C30H32N2O3/c1-29-14-10-26-25-9-7-24(32(34)35)18-23(25)6-8-27(26)28(29)11-15-30(29,33)19-20-2-4-21(5-3-20)22-12-16-31-17-13-22/h2-5,7,9,12-13,16-18,26-28,33H,6,8,10-11,14-15,19H2,1H3/t26?,27?,28?,29-,30+/m0/s1. The number of benzene rings is 2. The van der Waals surface area contributed by atoms with E-state index in [0.717, 1.165) is 49.7 Å². The van der Waals surface area contributed by atoms with E-state index in [2.05, 4.69) is 36.2 Å². The number of aryl methyl sites for hydroxylation is 1. The van der Waals surface area contributed by atoms with E-state index < -0.39 is 5.60 Å². The van der Waals surface area contributed by atoms with Gasteiger partial charge in [0.2, 0.25) is 0 Å². The third-order valence-electron chi connectivity index (χ3n) is 9.71. The van der Waals surface area contributed by atoms with E-state index in [1.54, 1.807) is 12.1 Å². The second kappa shape index (κ2) is 8.27. The summed E-state index contributed by atoms with van der Waals surface area (Å²) in [6.45, 7) is 2.33. The van der Waals surface area contributed by atoms with E-state index >= 15 is 0 Å². The smallest absolute Gasteiger partial charge is 0.269 e. The summed E-state index contributed by atoms with van der Waals surface area (Å²) < 4.78 is 0. The van der Waals surface area contributed by atoms with Crippen LogP contribution in [0.15, 0.2) is 67.0 Å². The molecule has 2 saturated carbocycles. The first-order valence-electron chi connectivity index (χ1n) is 12.9. The number of pyridine rings is 1. The Morgan fingerprint density at radius 3 is 2.49 bits per heavy atom. The maximum Gasteiger partial charge on any atom is 0.269 e. The van der Waals surface area contributed by atoms with Crippen molar-refractivity contribution in [1.82, 2.24) is 4.98 Å². The highest BCUT2D eigenvalue weighted by atomic mass is 16.6. The van der Waals surface area contributed by atoms with Gasteiger partial charge in [0.1, 0.15) is 0 Å². The van der Waals surface area contributed by atoms with Crippen molar-refractivity contribution < 1.29 is 10.0 Å². The fourth-order valence-corrected chi connectivity index (χ4v) is 7.78. The molecule has 35 heavy (non-hydrogen) atoms. The molecular formula is C30H32N2O3. The molecule has 0 amide bonds. The van der Waals surface area contributed by atoms with Gasteiger partial charge in [-0.2, -0.15) is 0 Å². The van der Waals surface area contributed by atoms with Crippen LogP contribution in [0.4, 0.5) is 5.69 Å². The van der Waals surface area contributed by atoms with Gasteiger partial charge in [0.25, 0.3) is 5.69 Å². The zero-order valence-corrected chi connectivity index (χ0v) is 20.2. The highest BCUT2D eigenvalue weighted by Gasteiger charge is 2.61. The summed E-state index contributed by atoms with van der Waals surface area (Å²) >= 11 is 0. The topological polar surface area (TPSA) is 76.3 Å². The van der Waals surface area contributed by atoms with Crippen molar-refractivity contribution in [2.45, 2.75) is 63.4 Å². The lowest BCUT2D eigenvalue weighted by Crippen LogP contribution is -2.51. The van der Waals surface area contributed by atoms with Gasteiger partial charge in [-0.15, -0.1) is 0 Å². The van der Waals surface area contributed by atoms with Crippen LogP contribution in [-0.2, 0) is 12.8 Å². The summed E-state index contributed by atoms with van der Waals surface area (Å²) in [7, 11) is 0. The Hall–Kier alpha value is -3.05. The SMILES string of the molecule is C[C@]12CCC3c4ccc([N+](=O)[O-])cc4CCC3C1CC[C@@]2(O)Cc1ccc(-c2ccncc2)cc1. The molecule has 5 atom stereocenters. The molecule has 1 aromatic heterocycles. The predicted octanol–water partition coefficient (Wildman–Crippen LogP) is 6.49. The molecule has 0 bridgehead atoms. The molecule has 1 heterocycles. The maximum absolute atomic E-state index is 12.1. The van der Waals surface area contributed by atoms with Crippen molar-refractivity contribution >= 4 is 5.69 Å². The van der Waals surface area contributed by atoms with Crippen molar-refractivity contribution in [3.8, 4) is 11.1 Å². The molecule has 2 fully saturated rings. The van der Waals surface area contributed by atoms with Crippen LogP contribution in [0.1, 0.15) is 61.6 Å². The fourth-order valence-electron chi connectivity index (χ4n) is 7.78. The first kappa shape index (κ1) is 22.4. The van der Waals surface area contributed by atoms with Crippen molar-refractivity contribution in [3.63, 3.8) is 0 Å². The summed E-state index contributed by atoms with van der Waals surface area (Å²) in [5.41, 5.74) is 5.39. The normalized spacial score (nSPS) is 31.3. The second-order valence-corrected chi connectivity index (χ2v) is 11.2. The van der Waals surface area contributed by atoms with Gasteiger partial charge in [0.05, 0.1) is 10.5 Å². The molecule has 3 aliphatic rings. The summed E-state index contributed by atoms with van der Waals surface area (Å²) in [5.74, 6) is 1.50. The highest BCUT2D eigenvalue weighted by molar-refractivity contribution is 5.63. The molecule has 0 saturated heterocycles. The number of non-ortho nitro benzene ring substituents is 1. The number of hydrogen-bond donors (Lipinski definition) is 1. The molecule has 0 aliphatic heterocycles. The maximum atomic E-state index is 12.1. The molecule has 2 aromatic carbocycles. The Morgan fingerprint density at radius 1 is 1.00 bits per heavy atom. The Bertz CT molecular complexity index is 1260. The van der Waals surface area contributed by atoms with Gasteiger partial charge < -0.3 is 5.11 Å². The Balaban J connectivity index is 1.23. The van der Waals surface area contributed by atoms with E-state index in [0.29, 0.717) is 24.2 Å². The van der Waals surface area contributed by atoms with Crippen molar-refractivity contribution in [3.05, 3.63) is 93.8 Å². The predicted molar refractivity (Wildman–Crippen MR) is 136 cm³/mol. The quantitative estimate of drug-likeness (QED) is 0.351. The molecule has 0 spiro atoms. The monoisotopic (exact) mass is 468 g/mol. The van der Waals surface area contributed by atoms with E-state index in [9.17, 15) is 15.2 Å². The first-order chi connectivity index (χ1) is 16.9. The summed E-state index contributed by atoms with van der Waals surface area (Å²) in [4.78, 5) is 15.1. The number of nitro benzene ring substituents is 1. The number of aliphatic hydroxyl groups is 1. The molecule has 0 radical (unpaired) electrons. The van der Waals surface area contributed by atoms with Gasteiger partial charge in [0, 0.05) is 30.9 Å². The van der Waals surface area contributed by atoms with Crippen molar-refractivity contribution in [1.29, 1.82) is 0 Å². The lowest BCUT2D eigenvalue weighted by molar-refractivity contribution is -0.384. The molecule has 3 aliphatic carbocycles. The highest BCUT2D eigenvalue weighted by Crippen LogP contribution is 2.64. The Labute approximate surface area is 206 Å². The Morgan fingerprint density at radius 2 is 1.74 bits per heavy atom. The van der Waals surface area contributed by atoms with Gasteiger partial charge in [-0.25, -0.2) is 0 Å². The fraction of sp³-hybridized carbons (Fsp3) is 0.433. The van der Waals surface area contributed by atoms with Crippen LogP contribution >= 0.6 is 0 Å². The zero-order valence-electron chi connectivity index (χ0n) is 20.2. The van der Waals surface area contributed by atoms with Crippen molar-refractivity contribution in [2.24, 2.45) is 17.3 Å². The third kappa shape index (κ3) is 3.59. The van der Waals surface area contributed by atoms with Crippen LogP contribution in [0.3, 0.4) is 0 Å². The van der Waals surface area contributed by atoms with Gasteiger partial charge in [-0.3, -0.25) is 15.1 Å². The second-order valence-electron chi connectivity index (χ2n) is 11.2. The summed E-state index contributed by atoms with van der Waals surface area (Å²) in [6.07, 6.45) is 10.2. The molecule has 3 unspecified atom stereocenters. The first-order valence-corrected chi connectivity index (χ1v) is 12.9.